The third kappa shape index (κ3) is 3.46. The summed E-state index contributed by atoms with van der Waals surface area (Å²) in [5, 5.41) is 36.0. The second kappa shape index (κ2) is 6.72. The van der Waals surface area contributed by atoms with Crippen LogP contribution in [0.15, 0.2) is 24.4 Å². The molecule has 2 aromatic heterocycles. The van der Waals surface area contributed by atoms with E-state index in [-0.39, 0.29) is 33.2 Å². The summed E-state index contributed by atoms with van der Waals surface area (Å²) < 4.78 is 11.8. The Labute approximate surface area is 197 Å². The lowest BCUT2D eigenvalue weighted by atomic mass is 9.73. The van der Waals surface area contributed by atoms with Crippen molar-refractivity contribution in [2.75, 3.05) is 0 Å². The summed E-state index contributed by atoms with van der Waals surface area (Å²) in [4.78, 5) is 16.4. The summed E-state index contributed by atoms with van der Waals surface area (Å²) >= 11 is 6.17. The van der Waals surface area contributed by atoms with Gasteiger partial charge in [0.2, 0.25) is 5.88 Å². The molecule has 3 aliphatic carbocycles. The van der Waals surface area contributed by atoms with Gasteiger partial charge in [0.15, 0.2) is 5.82 Å². The molecular formula is C22H25BClN3O6. The van der Waals surface area contributed by atoms with Crippen molar-refractivity contribution >= 4 is 25.4 Å². The first kappa shape index (κ1) is 22.6. The van der Waals surface area contributed by atoms with E-state index in [0.717, 1.165) is 25.7 Å². The van der Waals surface area contributed by atoms with Crippen molar-refractivity contribution in [3.8, 4) is 11.7 Å². The molecular weight excluding hydrogens is 449 g/mol. The van der Waals surface area contributed by atoms with Gasteiger partial charge in [0, 0.05) is 18.2 Å². The Morgan fingerprint density at radius 1 is 1.15 bits per heavy atom. The Hall–Kier alpha value is -2.14. The normalized spacial score (nSPS) is 22.2. The number of ether oxygens (including phenoxy) is 2. The molecule has 33 heavy (non-hydrogen) atoms. The van der Waals surface area contributed by atoms with Crippen LogP contribution in [-0.2, 0) is 4.74 Å². The maximum absolute atomic E-state index is 12.3. The Bertz CT molecular complexity index is 1120. The van der Waals surface area contributed by atoms with Gasteiger partial charge in [0.25, 0.3) is 0 Å². The molecule has 2 radical (unpaired) electrons. The van der Waals surface area contributed by atoms with Crippen LogP contribution in [0, 0.1) is 16.7 Å². The van der Waals surface area contributed by atoms with E-state index < -0.39 is 29.0 Å². The Kier molecular flexibility index (Phi) is 4.61. The van der Waals surface area contributed by atoms with Gasteiger partial charge in [-0.3, -0.25) is 0 Å². The molecule has 2 heterocycles. The largest absolute Gasteiger partial charge is 0.456 e. The number of esters is 1. The highest BCUT2D eigenvalue weighted by molar-refractivity contribution is 6.32. The predicted octanol–water partition coefficient (Wildman–Crippen LogP) is 1.94. The number of hydrogen-bond donors (Lipinski definition) is 3. The summed E-state index contributed by atoms with van der Waals surface area (Å²) in [6.45, 7) is 5.23. The van der Waals surface area contributed by atoms with Gasteiger partial charge in [-0.2, -0.15) is 0 Å². The number of rotatable bonds is 6. The van der Waals surface area contributed by atoms with E-state index in [2.05, 4.69) is 10.1 Å². The number of pyridine rings is 1. The number of nitrogens with zero attached hydrogens (tertiary/aromatic N) is 3. The highest BCUT2D eigenvalue weighted by Crippen LogP contribution is 2.94. The van der Waals surface area contributed by atoms with E-state index in [1.54, 1.807) is 20.8 Å². The zero-order valence-corrected chi connectivity index (χ0v) is 19.3. The molecule has 3 N–H and O–H groups in total. The standard InChI is InChI=1S/C22H25BClN3O6/c1-18(2,3)33-16(28)12-4-5-13(25-15(12)24)27-11-6-14(26-27)32-22(30,31)21(23,29)17-19(7-8-19)20(17)9-10-20/h4-6,11,17,29-31H,7-10H2,1-3H3. The first-order valence-electron chi connectivity index (χ1n) is 10.8. The number of carbonyl (C=O) groups is 1. The molecule has 2 spiro atoms. The van der Waals surface area contributed by atoms with Crippen molar-refractivity contribution < 1.29 is 29.6 Å². The smallest absolute Gasteiger partial charge is 0.344 e. The lowest BCUT2D eigenvalue weighted by molar-refractivity contribution is -0.358. The van der Waals surface area contributed by atoms with Gasteiger partial charge >= 0.3 is 11.9 Å². The van der Waals surface area contributed by atoms with Gasteiger partial charge < -0.3 is 24.8 Å². The minimum Gasteiger partial charge on any atom is -0.456 e. The molecule has 9 nitrogen and oxygen atoms in total. The van der Waals surface area contributed by atoms with Crippen molar-refractivity contribution in [2.45, 2.75) is 63.5 Å². The Morgan fingerprint density at radius 3 is 2.27 bits per heavy atom. The maximum Gasteiger partial charge on any atom is 0.344 e. The Balaban J connectivity index is 1.31. The van der Waals surface area contributed by atoms with Crippen LogP contribution in [0.4, 0.5) is 0 Å². The monoisotopic (exact) mass is 473 g/mol. The first-order chi connectivity index (χ1) is 15.2. The third-order valence-electron chi connectivity index (χ3n) is 7.05. The van der Waals surface area contributed by atoms with Crippen LogP contribution >= 0.6 is 11.6 Å². The van der Waals surface area contributed by atoms with Gasteiger partial charge in [0.1, 0.15) is 24.1 Å². The van der Waals surface area contributed by atoms with Crippen molar-refractivity contribution in [3.63, 3.8) is 0 Å². The summed E-state index contributed by atoms with van der Waals surface area (Å²) in [6.07, 6.45) is 5.15. The van der Waals surface area contributed by atoms with E-state index in [9.17, 15) is 20.1 Å². The fourth-order valence-electron chi connectivity index (χ4n) is 5.37. The Morgan fingerprint density at radius 2 is 1.76 bits per heavy atom. The number of halogens is 1. The number of hydrogen-bond acceptors (Lipinski definition) is 8. The number of aromatic nitrogens is 3. The van der Waals surface area contributed by atoms with Crippen LogP contribution in [0.25, 0.3) is 5.82 Å². The van der Waals surface area contributed by atoms with Gasteiger partial charge in [-0.25, -0.2) is 14.5 Å². The lowest BCUT2D eigenvalue weighted by Crippen LogP contribution is -2.61. The minimum absolute atomic E-state index is 0.0760. The zero-order valence-electron chi connectivity index (χ0n) is 18.6. The first-order valence-corrected chi connectivity index (χ1v) is 11.2. The quantitative estimate of drug-likeness (QED) is 0.251. The fourth-order valence-corrected chi connectivity index (χ4v) is 5.59. The highest BCUT2D eigenvalue weighted by atomic mass is 35.5. The summed E-state index contributed by atoms with van der Waals surface area (Å²) in [7, 11) is 6.03. The molecule has 0 bridgehead atoms. The van der Waals surface area contributed by atoms with E-state index >= 15 is 0 Å². The lowest BCUT2D eigenvalue weighted by Gasteiger charge is -2.37. The number of fused-ring (bicyclic) bond motifs is 1. The van der Waals surface area contributed by atoms with E-state index in [0.29, 0.717) is 0 Å². The van der Waals surface area contributed by atoms with Gasteiger partial charge in [-0.05, 0) is 69.4 Å². The van der Waals surface area contributed by atoms with Crippen LogP contribution < -0.4 is 4.74 Å². The molecule has 0 aliphatic heterocycles. The van der Waals surface area contributed by atoms with Crippen molar-refractivity contribution in [1.82, 2.24) is 14.8 Å². The summed E-state index contributed by atoms with van der Waals surface area (Å²) in [6, 6.07) is 4.32. The van der Waals surface area contributed by atoms with Crippen molar-refractivity contribution in [1.29, 1.82) is 0 Å². The molecule has 1 atom stereocenters. The number of carbonyl (C=O) groups excluding carboxylic acids is 1. The van der Waals surface area contributed by atoms with E-state index in [1.807, 2.05) is 0 Å². The molecule has 2 aromatic rings. The van der Waals surface area contributed by atoms with Crippen LogP contribution in [-0.4, -0.2) is 61.0 Å². The molecule has 174 valence electrons. The summed E-state index contributed by atoms with van der Waals surface area (Å²) in [5.74, 6) is -4.01. The average Bonchev–Trinajstić information content (AvgIpc) is 3.63. The molecule has 11 heteroatoms. The third-order valence-corrected chi connectivity index (χ3v) is 7.34. The second-order valence-corrected chi connectivity index (χ2v) is 10.7. The van der Waals surface area contributed by atoms with Gasteiger partial charge in [0.05, 0.1) is 5.56 Å². The predicted molar refractivity (Wildman–Crippen MR) is 117 cm³/mol. The topological polar surface area (TPSA) is 127 Å². The molecule has 3 saturated carbocycles. The molecule has 0 saturated heterocycles. The molecule has 3 aliphatic rings. The summed E-state index contributed by atoms with van der Waals surface area (Å²) in [5.41, 5.74) is -3.11. The van der Waals surface area contributed by atoms with Crippen molar-refractivity contribution in [2.24, 2.45) is 16.7 Å². The zero-order chi connectivity index (χ0) is 24.0. The van der Waals surface area contributed by atoms with Gasteiger partial charge in [-0.1, -0.05) is 11.6 Å². The van der Waals surface area contributed by atoms with Crippen molar-refractivity contribution in [3.05, 3.63) is 35.1 Å². The molecule has 0 aromatic carbocycles. The van der Waals surface area contributed by atoms with Crippen LogP contribution in [0.5, 0.6) is 5.88 Å². The average molecular weight is 474 g/mol. The van der Waals surface area contributed by atoms with Crippen LogP contribution in [0.2, 0.25) is 5.15 Å². The molecule has 5 rings (SSSR count). The minimum atomic E-state index is -3.04. The molecule has 1 unspecified atom stereocenters. The second-order valence-electron chi connectivity index (χ2n) is 10.4. The fraction of sp³-hybridized carbons (Fsp3) is 0.591. The SMILES string of the molecule is [B]C(O)(C1C2(CC2)C12CC2)C(O)(O)Oc1ccn(-c2ccc(C(=O)OC(C)(C)C)c(Cl)n2)n1. The number of aliphatic hydroxyl groups is 3. The van der Waals surface area contributed by atoms with E-state index in [4.69, 9.17) is 28.9 Å². The van der Waals surface area contributed by atoms with E-state index in [1.165, 1.54) is 29.1 Å². The maximum atomic E-state index is 12.3. The van der Waals surface area contributed by atoms with Gasteiger partial charge in [-0.15, -0.1) is 5.10 Å². The highest BCUT2D eigenvalue weighted by Gasteiger charge is 2.91. The molecule has 0 amide bonds. The van der Waals surface area contributed by atoms with Crippen LogP contribution in [0.1, 0.15) is 56.8 Å². The molecule has 3 fully saturated rings. The van der Waals surface area contributed by atoms with Crippen LogP contribution in [0.3, 0.4) is 0 Å².